The van der Waals surface area contributed by atoms with E-state index in [0.29, 0.717) is 12.1 Å². The van der Waals surface area contributed by atoms with Crippen molar-refractivity contribution >= 4 is 5.91 Å². The van der Waals surface area contributed by atoms with E-state index >= 15 is 0 Å². The minimum Gasteiger partial charge on any atom is -0.275 e. The molecule has 0 saturated heterocycles. The van der Waals surface area contributed by atoms with E-state index in [1.54, 1.807) is 11.9 Å². The summed E-state index contributed by atoms with van der Waals surface area (Å²) in [5.41, 5.74) is 3.65. The third-order valence-electron chi connectivity index (χ3n) is 1.76. The third kappa shape index (κ3) is 4.68. The molecule has 13 heavy (non-hydrogen) atoms. The lowest BCUT2D eigenvalue weighted by Gasteiger charge is -2.21. The highest BCUT2D eigenvalue weighted by molar-refractivity contribution is 5.91. The Morgan fingerprint density at radius 3 is 2.46 bits per heavy atom. The fourth-order valence-electron chi connectivity index (χ4n) is 0.948. The van der Waals surface area contributed by atoms with Crippen LogP contribution in [0.5, 0.6) is 0 Å². The average molecular weight is 184 g/mol. The van der Waals surface area contributed by atoms with E-state index in [1.165, 1.54) is 0 Å². The second-order valence-corrected chi connectivity index (χ2v) is 3.09. The SMILES string of the molecule is C=C(C)C(=O)N(CC)NCCCC. The molecule has 0 radical (unpaired) electrons. The highest BCUT2D eigenvalue weighted by Crippen LogP contribution is 1.95. The van der Waals surface area contributed by atoms with Crippen LogP contribution in [0.2, 0.25) is 0 Å². The summed E-state index contributed by atoms with van der Waals surface area (Å²) in [5, 5.41) is 1.61. The number of rotatable bonds is 6. The number of likely N-dealkylation sites (N-methyl/N-ethyl adjacent to an activating group) is 1. The molecule has 0 bridgehead atoms. The molecular formula is C10H20N2O. The topological polar surface area (TPSA) is 32.3 Å². The van der Waals surface area contributed by atoms with Gasteiger partial charge in [-0.1, -0.05) is 19.9 Å². The van der Waals surface area contributed by atoms with Crippen LogP contribution in [0.15, 0.2) is 12.2 Å². The van der Waals surface area contributed by atoms with E-state index in [2.05, 4.69) is 18.9 Å². The van der Waals surface area contributed by atoms with Crippen LogP contribution in [0, 0.1) is 0 Å². The molecule has 0 fully saturated rings. The highest BCUT2D eigenvalue weighted by atomic mass is 16.2. The fourth-order valence-corrected chi connectivity index (χ4v) is 0.948. The van der Waals surface area contributed by atoms with Crippen LogP contribution in [-0.4, -0.2) is 24.0 Å². The quantitative estimate of drug-likeness (QED) is 0.387. The van der Waals surface area contributed by atoms with Crippen molar-refractivity contribution in [2.24, 2.45) is 0 Å². The molecule has 3 nitrogen and oxygen atoms in total. The maximum Gasteiger partial charge on any atom is 0.262 e. The minimum absolute atomic E-state index is 0.0152. The second kappa shape index (κ2) is 6.66. The second-order valence-electron chi connectivity index (χ2n) is 3.09. The first-order chi connectivity index (χ1) is 6.13. The van der Waals surface area contributed by atoms with E-state index in [4.69, 9.17) is 0 Å². The molecule has 0 aliphatic carbocycles. The molecule has 0 spiro atoms. The van der Waals surface area contributed by atoms with Crippen LogP contribution in [0.1, 0.15) is 33.6 Å². The molecule has 0 aliphatic heterocycles. The first kappa shape index (κ1) is 12.2. The molecule has 0 saturated carbocycles. The first-order valence-electron chi connectivity index (χ1n) is 4.84. The van der Waals surface area contributed by atoms with Crippen LogP contribution >= 0.6 is 0 Å². The first-order valence-corrected chi connectivity index (χ1v) is 4.84. The van der Waals surface area contributed by atoms with Crippen LogP contribution in [-0.2, 0) is 4.79 Å². The predicted molar refractivity (Wildman–Crippen MR) is 55.1 cm³/mol. The van der Waals surface area contributed by atoms with E-state index in [1.807, 2.05) is 6.92 Å². The number of nitrogens with one attached hydrogen (secondary N) is 1. The number of amides is 1. The number of unbranched alkanes of at least 4 members (excludes halogenated alkanes) is 1. The smallest absolute Gasteiger partial charge is 0.262 e. The monoisotopic (exact) mass is 184 g/mol. The zero-order chi connectivity index (χ0) is 10.3. The Morgan fingerprint density at radius 2 is 2.08 bits per heavy atom. The standard InChI is InChI=1S/C10H20N2O/c1-5-7-8-11-12(6-2)10(13)9(3)4/h11H,3,5-8H2,1-2,4H3. The van der Waals surface area contributed by atoms with Gasteiger partial charge in [-0.2, -0.15) is 0 Å². The number of hydrazine groups is 1. The van der Waals surface area contributed by atoms with Crippen molar-refractivity contribution in [1.29, 1.82) is 0 Å². The maximum atomic E-state index is 11.4. The van der Waals surface area contributed by atoms with Gasteiger partial charge in [0.2, 0.25) is 0 Å². The molecule has 1 amide bonds. The predicted octanol–water partition coefficient (Wildman–Crippen LogP) is 1.72. The van der Waals surface area contributed by atoms with Crippen molar-refractivity contribution in [1.82, 2.24) is 10.4 Å². The minimum atomic E-state index is -0.0152. The number of hydrogen-bond acceptors (Lipinski definition) is 2. The Balaban J connectivity index is 3.88. The summed E-state index contributed by atoms with van der Waals surface area (Å²) in [6.07, 6.45) is 2.21. The third-order valence-corrected chi connectivity index (χ3v) is 1.76. The fraction of sp³-hybridized carbons (Fsp3) is 0.700. The van der Waals surface area contributed by atoms with Gasteiger partial charge in [0.1, 0.15) is 0 Å². The largest absolute Gasteiger partial charge is 0.275 e. The van der Waals surface area contributed by atoms with Gasteiger partial charge in [-0.25, -0.2) is 5.43 Å². The van der Waals surface area contributed by atoms with Crippen molar-refractivity contribution in [3.05, 3.63) is 12.2 Å². The van der Waals surface area contributed by atoms with E-state index in [9.17, 15) is 4.79 Å². The summed E-state index contributed by atoms with van der Waals surface area (Å²) in [6, 6.07) is 0. The zero-order valence-corrected chi connectivity index (χ0v) is 8.89. The van der Waals surface area contributed by atoms with Gasteiger partial charge in [0.05, 0.1) is 0 Å². The zero-order valence-electron chi connectivity index (χ0n) is 8.89. The number of carbonyl (C=O) groups excluding carboxylic acids is 1. The van der Waals surface area contributed by atoms with E-state index in [-0.39, 0.29) is 5.91 Å². The summed E-state index contributed by atoms with van der Waals surface area (Å²) in [6.45, 7) is 10.9. The molecule has 0 atom stereocenters. The number of hydrogen-bond donors (Lipinski definition) is 1. The Labute approximate surface area is 80.8 Å². The van der Waals surface area contributed by atoms with Crippen LogP contribution in [0.25, 0.3) is 0 Å². The van der Waals surface area contributed by atoms with Gasteiger partial charge in [-0.15, -0.1) is 0 Å². The summed E-state index contributed by atoms with van der Waals surface area (Å²) in [7, 11) is 0. The summed E-state index contributed by atoms with van der Waals surface area (Å²) < 4.78 is 0. The summed E-state index contributed by atoms with van der Waals surface area (Å²) in [5.74, 6) is -0.0152. The van der Waals surface area contributed by atoms with Gasteiger partial charge in [-0.05, 0) is 20.3 Å². The molecule has 0 heterocycles. The summed E-state index contributed by atoms with van der Waals surface area (Å²) in [4.78, 5) is 11.4. The van der Waals surface area contributed by atoms with Crippen LogP contribution in [0.3, 0.4) is 0 Å². The molecule has 76 valence electrons. The van der Waals surface area contributed by atoms with Gasteiger partial charge in [0.25, 0.3) is 5.91 Å². The van der Waals surface area contributed by atoms with Crippen molar-refractivity contribution in [3.8, 4) is 0 Å². The van der Waals surface area contributed by atoms with Crippen LogP contribution in [0.4, 0.5) is 0 Å². The van der Waals surface area contributed by atoms with Gasteiger partial charge in [0, 0.05) is 18.7 Å². The molecule has 0 aliphatic rings. The maximum absolute atomic E-state index is 11.4. The van der Waals surface area contributed by atoms with Gasteiger partial charge < -0.3 is 0 Å². The van der Waals surface area contributed by atoms with Gasteiger partial charge >= 0.3 is 0 Å². The number of nitrogens with zero attached hydrogens (tertiary/aromatic N) is 1. The Bertz CT molecular complexity index is 178. The Hall–Kier alpha value is -0.830. The van der Waals surface area contributed by atoms with Crippen molar-refractivity contribution in [2.45, 2.75) is 33.6 Å². The molecule has 0 unspecified atom stereocenters. The molecule has 0 aromatic rings. The molecular weight excluding hydrogens is 164 g/mol. The van der Waals surface area contributed by atoms with Gasteiger partial charge in [0.15, 0.2) is 0 Å². The molecule has 0 aromatic heterocycles. The normalized spacial score (nSPS) is 9.77. The average Bonchev–Trinajstić information content (AvgIpc) is 2.11. The van der Waals surface area contributed by atoms with Crippen molar-refractivity contribution < 1.29 is 4.79 Å². The molecule has 0 rings (SSSR count). The van der Waals surface area contributed by atoms with Crippen molar-refractivity contribution in [2.75, 3.05) is 13.1 Å². The van der Waals surface area contributed by atoms with Crippen molar-refractivity contribution in [3.63, 3.8) is 0 Å². The lowest BCUT2D eigenvalue weighted by Crippen LogP contribution is -2.43. The van der Waals surface area contributed by atoms with E-state index < -0.39 is 0 Å². The van der Waals surface area contributed by atoms with Gasteiger partial charge in [-0.3, -0.25) is 9.80 Å². The highest BCUT2D eigenvalue weighted by Gasteiger charge is 2.10. The molecule has 3 heteroatoms. The molecule has 1 N–H and O–H groups in total. The molecule has 0 aromatic carbocycles. The lowest BCUT2D eigenvalue weighted by atomic mass is 10.3. The summed E-state index contributed by atoms with van der Waals surface area (Å²) >= 11 is 0. The van der Waals surface area contributed by atoms with Crippen LogP contribution < -0.4 is 5.43 Å². The van der Waals surface area contributed by atoms with E-state index in [0.717, 1.165) is 19.4 Å². The lowest BCUT2D eigenvalue weighted by molar-refractivity contribution is -0.129. The Kier molecular flexibility index (Phi) is 6.24. The Morgan fingerprint density at radius 1 is 1.46 bits per heavy atom. The number of carbonyl (C=O) groups is 1.